The Kier molecular flexibility index (Phi) is 3.00. The van der Waals surface area contributed by atoms with Gasteiger partial charge in [0.25, 0.3) is 0 Å². The molecule has 0 amide bonds. The Balaban J connectivity index is 1.98. The van der Waals surface area contributed by atoms with Crippen LogP contribution in [0.1, 0.15) is 19.3 Å². The van der Waals surface area contributed by atoms with Gasteiger partial charge in [0.1, 0.15) is 6.61 Å². The summed E-state index contributed by atoms with van der Waals surface area (Å²) in [6.45, 7) is 4.03. The van der Waals surface area contributed by atoms with Crippen molar-refractivity contribution in [3.8, 4) is 0 Å². The lowest BCUT2D eigenvalue weighted by molar-refractivity contribution is 0.173. The van der Waals surface area contributed by atoms with Gasteiger partial charge in [0.05, 0.1) is 0 Å². The number of nitrogens with zero attached hydrogens (tertiary/aromatic N) is 1. The van der Waals surface area contributed by atoms with E-state index in [1.165, 1.54) is 19.3 Å². The Morgan fingerprint density at radius 1 is 1.60 bits per heavy atom. The van der Waals surface area contributed by atoms with Crippen LogP contribution in [-0.4, -0.2) is 12.8 Å². The zero-order valence-electron chi connectivity index (χ0n) is 6.12. The van der Waals surface area contributed by atoms with E-state index in [1.54, 1.807) is 6.08 Å². The maximum Gasteiger partial charge on any atom is 0.135 e. The van der Waals surface area contributed by atoms with Crippen molar-refractivity contribution in [2.75, 3.05) is 6.61 Å². The number of rotatable bonds is 4. The normalized spacial score (nSPS) is 18.8. The van der Waals surface area contributed by atoms with Crippen LogP contribution in [-0.2, 0) is 4.84 Å². The topological polar surface area (TPSA) is 21.6 Å². The molecule has 0 spiro atoms. The highest BCUT2D eigenvalue weighted by Crippen LogP contribution is 2.23. The van der Waals surface area contributed by atoms with Gasteiger partial charge in [-0.3, -0.25) is 0 Å². The van der Waals surface area contributed by atoms with Gasteiger partial charge in [0.2, 0.25) is 0 Å². The second-order valence-electron chi connectivity index (χ2n) is 2.53. The first-order chi connectivity index (χ1) is 4.93. The SMILES string of the molecule is C=CCO/N=C/C1CCC1. The molecule has 0 aliphatic heterocycles. The van der Waals surface area contributed by atoms with E-state index in [2.05, 4.69) is 11.7 Å². The molecule has 1 aliphatic carbocycles. The summed E-state index contributed by atoms with van der Waals surface area (Å²) in [5, 5.41) is 3.79. The largest absolute Gasteiger partial charge is 0.392 e. The van der Waals surface area contributed by atoms with Crippen LogP contribution >= 0.6 is 0 Å². The Morgan fingerprint density at radius 3 is 2.90 bits per heavy atom. The van der Waals surface area contributed by atoms with Gasteiger partial charge in [0, 0.05) is 6.21 Å². The molecule has 0 aromatic heterocycles. The van der Waals surface area contributed by atoms with Gasteiger partial charge in [-0.05, 0) is 18.8 Å². The van der Waals surface area contributed by atoms with Crippen molar-refractivity contribution in [2.24, 2.45) is 11.1 Å². The maximum absolute atomic E-state index is 4.84. The lowest BCUT2D eigenvalue weighted by atomic mass is 9.87. The van der Waals surface area contributed by atoms with Crippen molar-refractivity contribution in [1.29, 1.82) is 0 Å². The molecule has 1 rings (SSSR count). The highest BCUT2D eigenvalue weighted by Gasteiger charge is 2.14. The van der Waals surface area contributed by atoms with E-state index in [9.17, 15) is 0 Å². The van der Waals surface area contributed by atoms with Crippen LogP contribution in [0.15, 0.2) is 17.8 Å². The Hall–Kier alpha value is -0.790. The van der Waals surface area contributed by atoms with Crippen LogP contribution in [0.5, 0.6) is 0 Å². The van der Waals surface area contributed by atoms with Crippen molar-refractivity contribution in [3.05, 3.63) is 12.7 Å². The molecule has 0 unspecified atom stereocenters. The zero-order valence-corrected chi connectivity index (χ0v) is 6.12. The highest BCUT2D eigenvalue weighted by atomic mass is 16.6. The minimum absolute atomic E-state index is 0.517. The highest BCUT2D eigenvalue weighted by molar-refractivity contribution is 5.60. The summed E-state index contributed by atoms with van der Waals surface area (Å²) in [6, 6.07) is 0. The minimum Gasteiger partial charge on any atom is -0.392 e. The molecule has 2 nitrogen and oxygen atoms in total. The van der Waals surface area contributed by atoms with E-state index in [0.717, 1.165) is 0 Å². The molecule has 56 valence electrons. The number of hydrogen-bond acceptors (Lipinski definition) is 2. The van der Waals surface area contributed by atoms with Crippen LogP contribution in [0.4, 0.5) is 0 Å². The molecule has 2 heteroatoms. The van der Waals surface area contributed by atoms with E-state index < -0.39 is 0 Å². The van der Waals surface area contributed by atoms with Crippen LogP contribution in [0, 0.1) is 5.92 Å². The lowest BCUT2D eigenvalue weighted by Crippen LogP contribution is -2.11. The average Bonchev–Trinajstić information content (AvgIpc) is 1.84. The monoisotopic (exact) mass is 139 g/mol. The molecule has 0 heterocycles. The van der Waals surface area contributed by atoms with Crippen molar-refractivity contribution < 1.29 is 4.84 Å². The van der Waals surface area contributed by atoms with Gasteiger partial charge in [-0.2, -0.15) is 0 Å². The molecule has 1 saturated carbocycles. The number of oxime groups is 1. The molecule has 0 aromatic rings. The quantitative estimate of drug-likeness (QED) is 0.252. The summed E-state index contributed by atoms with van der Waals surface area (Å²) in [5.74, 6) is 0.685. The summed E-state index contributed by atoms with van der Waals surface area (Å²) in [6.07, 6.45) is 7.49. The molecule has 0 radical (unpaired) electrons. The second-order valence-corrected chi connectivity index (χ2v) is 2.53. The van der Waals surface area contributed by atoms with Gasteiger partial charge in [-0.15, -0.1) is 0 Å². The van der Waals surface area contributed by atoms with Crippen LogP contribution < -0.4 is 0 Å². The van der Waals surface area contributed by atoms with E-state index >= 15 is 0 Å². The molecule has 1 aliphatic rings. The van der Waals surface area contributed by atoms with Crippen molar-refractivity contribution in [2.45, 2.75) is 19.3 Å². The van der Waals surface area contributed by atoms with E-state index in [1.807, 2.05) is 6.21 Å². The van der Waals surface area contributed by atoms with Gasteiger partial charge in [0.15, 0.2) is 0 Å². The molecule has 0 saturated heterocycles. The molecule has 1 fully saturated rings. The summed E-state index contributed by atoms with van der Waals surface area (Å²) < 4.78 is 0. The predicted molar refractivity (Wildman–Crippen MR) is 42.0 cm³/mol. The van der Waals surface area contributed by atoms with Crippen LogP contribution in [0.3, 0.4) is 0 Å². The van der Waals surface area contributed by atoms with Crippen LogP contribution in [0.25, 0.3) is 0 Å². The molecule has 0 aromatic carbocycles. The van der Waals surface area contributed by atoms with E-state index in [-0.39, 0.29) is 0 Å². The summed E-state index contributed by atoms with van der Waals surface area (Å²) >= 11 is 0. The van der Waals surface area contributed by atoms with Crippen molar-refractivity contribution in [1.82, 2.24) is 0 Å². The van der Waals surface area contributed by atoms with Gasteiger partial charge >= 0.3 is 0 Å². The molecule has 0 bridgehead atoms. The molecule has 10 heavy (non-hydrogen) atoms. The Morgan fingerprint density at radius 2 is 2.40 bits per heavy atom. The maximum atomic E-state index is 4.84. The first kappa shape index (κ1) is 7.32. The molecular weight excluding hydrogens is 126 g/mol. The molecule has 0 N–H and O–H groups in total. The zero-order chi connectivity index (χ0) is 7.23. The summed E-state index contributed by atoms with van der Waals surface area (Å²) in [7, 11) is 0. The third kappa shape index (κ3) is 2.21. The van der Waals surface area contributed by atoms with Crippen molar-refractivity contribution >= 4 is 6.21 Å². The smallest absolute Gasteiger partial charge is 0.135 e. The standard InChI is InChI=1S/C8H13NO/c1-2-6-10-9-7-8-4-3-5-8/h2,7-8H,1,3-6H2/b9-7+. The van der Waals surface area contributed by atoms with Gasteiger partial charge in [-0.1, -0.05) is 24.2 Å². The van der Waals surface area contributed by atoms with Gasteiger partial charge in [-0.25, -0.2) is 0 Å². The first-order valence-electron chi connectivity index (χ1n) is 3.70. The third-order valence-corrected chi connectivity index (χ3v) is 1.69. The Bertz CT molecular complexity index is 127. The second kappa shape index (κ2) is 4.09. The first-order valence-corrected chi connectivity index (χ1v) is 3.70. The summed E-state index contributed by atoms with van der Waals surface area (Å²) in [5.41, 5.74) is 0. The molecule has 0 atom stereocenters. The fraction of sp³-hybridized carbons (Fsp3) is 0.625. The van der Waals surface area contributed by atoms with Crippen LogP contribution in [0.2, 0.25) is 0 Å². The predicted octanol–water partition coefficient (Wildman–Crippen LogP) is 1.97. The lowest BCUT2D eigenvalue weighted by Gasteiger charge is -2.19. The average molecular weight is 139 g/mol. The fourth-order valence-corrected chi connectivity index (χ4v) is 0.814. The van der Waals surface area contributed by atoms with E-state index in [4.69, 9.17) is 4.84 Å². The van der Waals surface area contributed by atoms with Gasteiger partial charge < -0.3 is 4.84 Å². The fourth-order valence-electron chi connectivity index (χ4n) is 0.814. The third-order valence-electron chi connectivity index (χ3n) is 1.69. The Labute approximate surface area is 61.6 Å². The molecular formula is C8H13NO. The number of hydrogen-bond donors (Lipinski definition) is 0. The minimum atomic E-state index is 0.517. The summed E-state index contributed by atoms with van der Waals surface area (Å²) in [4.78, 5) is 4.84. The van der Waals surface area contributed by atoms with E-state index in [0.29, 0.717) is 12.5 Å². The van der Waals surface area contributed by atoms with Crippen molar-refractivity contribution in [3.63, 3.8) is 0 Å².